The smallest absolute Gasteiger partial charge is 0.334 e. The lowest BCUT2D eigenvalue weighted by Crippen LogP contribution is -2.44. The third-order valence-corrected chi connectivity index (χ3v) is 2.54. The van der Waals surface area contributed by atoms with E-state index >= 15 is 0 Å². The van der Waals surface area contributed by atoms with Crippen LogP contribution >= 0.6 is 0 Å². The summed E-state index contributed by atoms with van der Waals surface area (Å²) < 4.78 is 10.5. The Morgan fingerprint density at radius 1 is 1.64 bits per heavy atom. The second-order valence-electron chi connectivity index (χ2n) is 3.52. The minimum atomic E-state index is -1.01. The van der Waals surface area contributed by atoms with Crippen molar-refractivity contribution in [1.82, 2.24) is 0 Å². The monoisotopic (exact) mass is 200 g/mol. The molecular weight excluding hydrogens is 184 g/mol. The lowest BCUT2D eigenvalue weighted by Gasteiger charge is -2.36. The van der Waals surface area contributed by atoms with Gasteiger partial charge in [-0.05, 0) is 19.3 Å². The predicted octanol–water partition coefficient (Wildman–Crippen LogP) is 1.21. The quantitative estimate of drug-likeness (QED) is 0.693. The maximum atomic E-state index is 10.8. The Hall–Kier alpha value is -0.870. The number of aliphatic carboxylic acids is 1. The molecule has 0 aromatic rings. The number of carbonyl (C=O) groups is 1. The van der Waals surface area contributed by atoms with Crippen LogP contribution in [0.4, 0.5) is 0 Å². The summed E-state index contributed by atoms with van der Waals surface area (Å²) in [4.78, 5) is 10.8. The van der Waals surface area contributed by atoms with E-state index in [4.69, 9.17) is 14.6 Å². The van der Waals surface area contributed by atoms with E-state index in [0.717, 1.165) is 12.8 Å². The molecule has 1 atom stereocenters. The molecule has 0 saturated carbocycles. The van der Waals surface area contributed by atoms with Crippen molar-refractivity contribution in [2.75, 3.05) is 20.3 Å². The molecule has 0 spiro atoms. The van der Waals surface area contributed by atoms with Gasteiger partial charge in [-0.15, -0.1) is 0 Å². The van der Waals surface area contributed by atoms with E-state index in [1.165, 1.54) is 7.11 Å². The molecule has 0 radical (unpaired) electrons. The Balaban J connectivity index is 2.79. The van der Waals surface area contributed by atoms with Crippen molar-refractivity contribution in [3.05, 3.63) is 12.2 Å². The standard InChI is InChI=1S/C10H16O4/c1-8(9(11)12)10(7-13-2)5-3-4-6-14-10/h1,3-7H2,2H3,(H,11,12). The fraction of sp³-hybridized carbons (Fsp3) is 0.700. The van der Waals surface area contributed by atoms with Gasteiger partial charge in [-0.2, -0.15) is 0 Å². The van der Waals surface area contributed by atoms with Crippen LogP contribution in [0.3, 0.4) is 0 Å². The number of ether oxygens (including phenoxy) is 2. The third kappa shape index (κ3) is 2.13. The Bertz CT molecular complexity index is 223. The molecule has 0 aromatic heterocycles. The van der Waals surface area contributed by atoms with Gasteiger partial charge >= 0.3 is 5.97 Å². The first-order chi connectivity index (χ1) is 6.62. The molecule has 1 saturated heterocycles. The molecule has 80 valence electrons. The highest BCUT2D eigenvalue weighted by Gasteiger charge is 2.39. The Morgan fingerprint density at radius 2 is 2.36 bits per heavy atom. The predicted molar refractivity (Wildman–Crippen MR) is 51.2 cm³/mol. The molecule has 0 aromatic carbocycles. The van der Waals surface area contributed by atoms with Gasteiger partial charge in [0, 0.05) is 13.7 Å². The lowest BCUT2D eigenvalue weighted by atomic mass is 9.87. The number of carboxylic acid groups (broad SMARTS) is 1. The zero-order valence-electron chi connectivity index (χ0n) is 8.41. The van der Waals surface area contributed by atoms with Gasteiger partial charge in [-0.25, -0.2) is 4.79 Å². The molecule has 0 bridgehead atoms. The van der Waals surface area contributed by atoms with Crippen LogP contribution in [0.5, 0.6) is 0 Å². The average Bonchev–Trinajstić information content (AvgIpc) is 2.18. The topological polar surface area (TPSA) is 55.8 Å². The third-order valence-electron chi connectivity index (χ3n) is 2.54. The van der Waals surface area contributed by atoms with Crippen LogP contribution in [0.25, 0.3) is 0 Å². The van der Waals surface area contributed by atoms with Crippen LogP contribution in [0.1, 0.15) is 19.3 Å². The van der Waals surface area contributed by atoms with Crippen LogP contribution < -0.4 is 0 Å². The Labute approximate surface area is 83.5 Å². The highest BCUT2D eigenvalue weighted by atomic mass is 16.5. The average molecular weight is 200 g/mol. The maximum absolute atomic E-state index is 10.8. The highest BCUT2D eigenvalue weighted by molar-refractivity contribution is 5.88. The van der Waals surface area contributed by atoms with E-state index in [1.807, 2.05) is 0 Å². The van der Waals surface area contributed by atoms with Crippen LogP contribution in [0, 0.1) is 0 Å². The summed E-state index contributed by atoms with van der Waals surface area (Å²) in [5.74, 6) is -1.01. The summed E-state index contributed by atoms with van der Waals surface area (Å²) in [5.41, 5.74) is -0.710. The molecule has 1 aliphatic rings. The molecule has 4 nitrogen and oxygen atoms in total. The summed E-state index contributed by atoms with van der Waals surface area (Å²) in [6.45, 7) is 4.41. The molecule has 1 fully saturated rings. The van der Waals surface area contributed by atoms with Crippen molar-refractivity contribution >= 4 is 5.97 Å². The van der Waals surface area contributed by atoms with Gasteiger partial charge in [-0.1, -0.05) is 6.58 Å². The lowest BCUT2D eigenvalue weighted by molar-refractivity contribution is -0.141. The van der Waals surface area contributed by atoms with Crippen molar-refractivity contribution in [2.24, 2.45) is 0 Å². The SMILES string of the molecule is C=C(C(=O)O)C1(COC)CCCCO1. The molecule has 1 rings (SSSR count). The van der Waals surface area contributed by atoms with E-state index in [0.29, 0.717) is 13.0 Å². The van der Waals surface area contributed by atoms with Gasteiger partial charge in [0.2, 0.25) is 0 Å². The second kappa shape index (κ2) is 4.57. The van der Waals surface area contributed by atoms with Crippen LogP contribution in [0.15, 0.2) is 12.2 Å². The van der Waals surface area contributed by atoms with Gasteiger partial charge in [0.25, 0.3) is 0 Å². The largest absolute Gasteiger partial charge is 0.478 e. The van der Waals surface area contributed by atoms with Gasteiger partial charge in [-0.3, -0.25) is 0 Å². The van der Waals surface area contributed by atoms with Crippen LogP contribution in [-0.4, -0.2) is 37.0 Å². The number of hydrogen-bond donors (Lipinski definition) is 1. The summed E-state index contributed by atoms with van der Waals surface area (Å²) in [7, 11) is 1.54. The molecular formula is C10H16O4. The zero-order valence-corrected chi connectivity index (χ0v) is 8.41. The van der Waals surface area contributed by atoms with E-state index in [2.05, 4.69) is 6.58 Å². The first-order valence-electron chi connectivity index (χ1n) is 4.68. The van der Waals surface area contributed by atoms with Gasteiger partial charge in [0.15, 0.2) is 0 Å². The fourth-order valence-corrected chi connectivity index (χ4v) is 1.72. The minimum absolute atomic E-state index is 0.0963. The van der Waals surface area contributed by atoms with E-state index < -0.39 is 11.6 Å². The number of methoxy groups -OCH3 is 1. The van der Waals surface area contributed by atoms with Gasteiger partial charge in [0.05, 0.1) is 12.2 Å². The van der Waals surface area contributed by atoms with Gasteiger partial charge < -0.3 is 14.6 Å². The van der Waals surface area contributed by atoms with Crippen molar-refractivity contribution in [2.45, 2.75) is 24.9 Å². The van der Waals surface area contributed by atoms with E-state index in [1.54, 1.807) is 0 Å². The van der Waals surface area contributed by atoms with Crippen molar-refractivity contribution in [1.29, 1.82) is 0 Å². The molecule has 1 heterocycles. The van der Waals surface area contributed by atoms with Crippen LogP contribution in [0.2, 0.25) is 0 Å². The normalized spacial score (nSPS) is 27.2. The van der Waals surface area contributed by atoms with Crippen molar-refractivity contribution in [3.63, 3.8) is 0 Å². The first kappa shape index (κ1) is 11.2. The minimum Gasteiger partial charge on any atom is -0.478 e. The summed E-state index contributed by atoms with van der Waals surface area (Å²) in [6, 6.07) is 0. The summed E-state index contributed by atoms with van der Waals surface area (Å²) in [5, 5.41) is 8.89. The molecule has 1 N–H and O–H groups in total. The van der Waals surface area contributed by atoms with E-state index in [9.17, 15) is 4.79 Å². The van der Waals surface area contributed by atoms with Gasteiger partial charge in [0.1, 0.15) is 5.60 Å². The highest BCUT2D eigenvalue weighted by Crippen LogP contribution is 2.31. The Morgan fingerprint density at radius 3 is 2.79 bits per heavy atom. The molecule has 0 amide bonds. The number of carboxylic acids is 1. The summed E-state index contributed by atoms with van der Waals surface area (Å²) in [6.07, 6.45) is 2.60. The zero-order chi connectivity index (χ0) is 10.6. The summed E-state index contributed by atoms with van der Waals surface area (Å²) >= 11 is 0. The molecule has 4 heteroatoms. The fourth-order valence-electron chi connectivity index (χ4n) is 1.72. The molecule has 1 aliphatic heterocycles. The van der Waals surface area contributed by atoms with E-state index in [-0.39, 0.29) is 12.2 Å². The maximum Gasteiger partial charge on any atom is 0.334 e. The Kier molecular flexibility index (Phi) is 3.66. The molecule has 1 unspecified atom stereocenters. The van der Waals surface area contributed by atoms with Crippen LogP contribution in [-0.2, 0) is 14.3 Å². The molecule has 0 aliphatic carbocycles. The first-order valence-corrected chi connectivity index (χ1v) is 4.68. The number of hydrogen-bond acceptors (Lipinski definition) is 3. The second-order valence-corrected chi connectivity index (χ2v) is 3.52. The van der Waals surface area contributed by atoms with Crippen molar-refractivity contribution in [3.8, 4) is 0 Å². The molecule has 14 heavy (non-hydrogen) atoms. The number of rotatable bonds is 4. The van der Waals surface area contributed by atoms with Crippen molar-refractivity contribution < 1.29 is 19.4 Å².